The molecule has 0 bridgehead atoms. The highest BCUT2D eigenvalue weighted by atomic mass is 16.5. The second kappa shape index (κ2) is 26.2. The van der Waals surface area contributed by atoms with Crippen molar-refractivity contribution >= 4 is 0 Å². The van der Waals surface area contributed by atoms with Crippen molar-refractivity contribution in [2.24, 2.45) is 0 Å². The molecular weight excluding hydrogens is 394 g/mol. The van der Waals surface area contributed by atoms with E-state index in [2.05, 4.69) is 68.4 Å². The van der Waals surface area contributed by atoms with Crippen LogP contribution in [0.15, 0.2) is 38.6 Å². The first kappa shape index (κ1) is 35.5. The monoisotopic (exact) mass is 453 g/mol. The summed E-state index contributed by atoms with van der Waals surface area (Å²) in [4.78, 5) is 7.27. The lowest BCUT2D eigenvalue weighted by molar-refractivity contribution is 0.0211. The van der Waals surface area contributed by atoms with Crippen LogP contribution in [-0.4, -0.2) is 73.9 Å². The molecule has 0 amide bonds. The minimum absolute atomic E-state index is 0. The SMILES string of the molecule is C.C=C.C=C.C=C(C)N1CCCCC1.CCN1CCCCC1.COCN1CCCCC1C. The summed E-state index contributed by atoms with van der Waals surface area (Å²) in [5, 5.41) is 0. The summed E-state index contributed by atoms with van der Waals surface area (Å²) in [5.74, 6) is 0. The van der Waals surface area contributed by atoms with Gasteiger partial charge in [0, 0.05) is 38.5 Å². The number of hydrogen-bond acceptors (Lipinski definition) is 4. The Labute approximate surface area is 203 Å². The number of piperidine rings is 3. The zero-order valence-corrected chi connectivity index (χ0v) is 21.7. The fourth-order valence-corrected chi connectivity index (χ4v) is 4.07. The van der Waals surface area contributed by atoms with Gasteiger partial charge < -0.3 is 14.5 Å². The van der Waals surface area contributed by atoms with Crippen LogP contribution in [0.3, 0.4) is 0 Å². The average molecular weight is 454 g/mol. The van der Waals surface area contributed by atoms with Crippen LogP contribution in [0.1, 0.15) is 86.0 Å². The van der Waals surface area contributed by atoms with Crippen molar-refractivity contribution in [2.45, 2.75) is 92.0 Å². The second-order valence-corrected chi connectivity index (χ2v) is 8.35. The van der Waals surface area contributed by atoms with Gasteiger partial charge in [0.2, 0.25) is 0 Å². The van der Waals surface area contributed by atoms with Crippen LogP contribution in [-0.2, 0) is 4.74 Å². The van der Waals surface area contributed by atoms with Crippen molar-refractivity contribution in [3.05, 3.63) is 38.6 Å². The van der Waals surface area contributed by atoms with Gasteiger partial charge in [-0.2, -0.15) is 0 Å². The minimum atomic E-state index is 0. The molecule has 4 heteroatoms. The normalized spacial score (nSPS) is 20.8. The van der Waals surface area contributed by atoms with E-state index in [1.165, 1.54) is 103 Å². The van der Waals surface area contributed by atoms with Gasteiger partial charge in [-0.1, -0.05) is 33.8 Å². The van der Waals surface area contributed by atoms with E-state index < -0.39 is 0 Å². The molecule has 3 aliphatic heterocycles. The summed E-state index contributed by atoms with van der Waals surface area (Å²) in [6.45, 7) is 30.9. The summed E-state index contributed by atoms with van der Waals surface area (Å²) in [7, 11) is 1.77. The summed E-state index contributed by atoms with van der Waals surface area (Å²) in [6.07, 6.45) is 12.5. The number of hydrogen-bond donors (Lipinski definition) is 0. The van der Waals surface area contributed by atoms with Gasteiger partial charge in [-0.15, -0.1) is 26.3 Å². The van der Waals surface area contributed by atoms with Gasteiger partial charge in [-0.3, -0.25) is 4.90 Å². The number of nitrogens with zero attached hydrogens (tertiary/aromatic N) is 3. The Balaban J connectivity index is -0.000000361. The highest BCUT2D eigenvalue weighted by Gasteiger charge is 2.16. The van der Waals surface area contributed by atoms with Crippen LogP contribution in [0.4, 0.5) is 0 Å². The topological polar surface area (TPSA) is 19.0 Å². The third kappa shape index (κ3) is 18.5. The maximum Gasteiger partial charge on any atom is 0.0988 e. The third-order valence-electron chi connectivity index (χ3n) is 6.03. The van der Waals surface area contributed by atoms with Crippen LogP contribution in [0, 0.1) is 0 Å². The molecule has 1 unspecified atom stereocenters. The Bertz CT molecular complexity index is 386. The minimum Gasteiger partial charge on any atom is -0.376 e. The Morgan fingerprint density at radius 2 is 1.28 bits per heavy atom. The fourth-order valence-electron chi connectivity index (χ4n) is 4.07. The molecule has 3 fully saturated rings. The largest absolute Gasteiger partial charge is 0.376 e. The van der Waals surface area contributed by atoms with E-state index in [0.717, 1.165) is 12.8 Å². The molecule has 3 heterocycles. The number of likely N-dealkylation sites (tertiary alicyclic amines) is 3. The lowest BCUT2D eigenvalue weighted by atomic mass is 10.1. The van der Waals surface area contributed by atoms with Crippen LogP contribution in [0.25, 0.3) is 0 Å². The maximum atomic E-state index is 5.08. The molecule has 0 aromatic heterocycles. The van der Waals surface area contributed by atoms with Crippen molar-refractivity contribution in [3.8, 4) is 0 Å². The van der Waals surface area contributed by atoms with E-state index in [1.54, 1.807) is 7.11 Å². The van der Waals surface area contributed by atoms with E-state index in [-0.39, 0.29) is 7.43 Å². The van der Waals surface area contributed by atoms with Crippen molar-refractivity contribution < 1.29 is 4.74 Å². The molecule has 192 valence electrons. The number of allylic oxidation sites excluding steroid dienone is 1. The van der Waals surface area contributed by atoms with Crippen LogP contribution in [0.2, 0.25) is 0 Å². The molecule has 4 nitrogen and oxygen atoms in total. The second-order valence-electron chi connectivity index (χ2n) is 8.35. The van der Waals surface area contributed by atoms with Gasteiger partial charge in [0.1, 0.15) is 0 Å². The number of ether oxygens (including phenoxy) is 1. The average Bonchev–Trinajstić information content (AvgIpc) is 2.85. The molecule has 0 N–H and O–H groups in total. The first-order chi connectivity index (χ1) is 15.1. The van der Waals surface area contributed by atoms with E-state index in [1.807, 2.05) is 0 Å². The van der Waals surface area contributed by atoms with Gasteiger partial charge in [0.15, 0.2) is 0 Å². The predicted octanol–water partition coefficient (Wildman–Crippen LogP) is 7.20. The van der Waals surface area contributed by atoms with Crippen LogP contribution < -0.4 is 0 Å². The zero-order valence-electron chi connectivity index (χ0n) is 21.7. The zero-order chi connectivity index (χ0) is 23.9. The standard InChI is InChI=1S/C8H17NO.C8H15N.C7H15N.2C2H4.CH4/c1-8-5-3-4-6-9(8)7-10-2;1-8(2)9-6-4-3-5-7-9;1-2-8-6-4-3-5-7-8;2*1-2;/h8H,3-7H2,1-2H3;1,3-7H2,2H3;2-7H2,1H3;2*1-2H2;1H4. The summed E-state index contributed by atoms with van der Waals surface area (Å²) >= 11 is 0. The maximum absolute atomic E-state index is 5.08. The Hall–Kier alpha value is -1.10. The molecule has 0 spiro atoms. The molecule has 3 aliphatic rings. The highest BCUT2D eigenvalue weighted by molar-refractivity contribution is 4.89. The number of rotatable bonds is 4. The molecule has 0 aliphatic carbocycles. The van der Waals surface area contributed by atoms with E-state index >= 15 is 0 Å². The van der Waals surface area contributed by atoms with E-state index in [4.69, 9.17) is 4.74 Å². The molecule has 0 radical (unpaired) electrons. The van der Waals surface area contributed by atoms with Gasteiger partial charge in [-0.25, -0.2) is 0 Å². The first-order valence-corrected chi connectivity index (χ1v) is 12.4. The van der Waals surface area contributed by atoms with Crippen molar-refractivity contribution in [3.63, 3.8) is 0 Å². The summed E-state index contributed by atoms with van der Waals surface area (Å²) in [6, 6.07) is 0.730. The molecular formula is C28H59N3O. The molecule has 0 aromatic carbocycles. The van der Waals surface area contributed by atoms with Gasteiger partial charge >= 0.3 is 0 Å². The smallest absolute Gasteiger partial charge is 0.0988 e. The lowest BCUT2D eigenvalue weighted by Gasteiger charge is -2.32. The van der Waals surface area contributed by atoms with Gasteiger partial charge in [-0.05, 0) is 78.4 Å². The van der Waals surface area contributed by atoms with Crippen molar-refractivity contribution in [1.82, 2.24) is 14.7 Å². The Kier molecular flexibility index (Phi) is 29.0. The Morgan fingerprint density at radius 1 is 0.812 bits per heavy atom. The van der Waals surface area contributed by atoms with Gasteiger partial charge in [0.25, 0.3) is 0 Å². The van der Waals surface area contributed by atoms with E-state index in [9.17, 15) is 0 Å². The first-order valence-electron chi connectivity index (χ1n) is 12.4. The van der Waals surface area contributed by atoms with Crippen LogP contribution in [0.5, 0.6) is 0 Å². The highest BCUT2D eigenvalue weighted by Crippen LogP contribution is 2.15. The quantitative estimate of drug-likeness (QED) is 0.419. The molecule has 32 heavy (non-hydrogen) atoms. The Morgan fingerprint density at radius 3 is 1.62 bits per heavy atom. The summed E-state index contributed by atoms with van der Waals surface area (Å²) in [5.41, 5.74) is 1.23. The molecule has 0 saturated carbocycles. The predicted molar refractivity (Wildman–Crippen MR) is 147 cm³/mol. The van der Waals surface area contributed by atoms with Crippen LogP contribution >= 0.6 is 0 Å². The van der Waals surface area contributed by atoms with Crippen molar-refractivity contribution in [2.75, 3.05) is 53.1 Å². The molecule has 3 rings (SSSR count). The van der Waals surface area contributed by atoms with Crippen molar-refractivity contribution in [1.29, 1.82) is 0 Å². The molecule has 0 aromatic rings. The molecule has 1 atom stereocenters. The lowest BCUT2D eigenvalue weighted by Crippen LogP contribution is -2.38. The summed E-state index contributed by atoms with van der Waals surface area (Å²) < 4.78 is 5.08. The van der Waals surface area contributed by atoms with Gasteiger partial charge in [0.05, 0.1) is 6.73 Å². The fraction of sp³-hybridized carbons (Fsp3) is 0.786. The molecule has 3 saturated heterocycles. The van der Waals surface area contributed by atoms with E-state index in [0.29, 0.717) is 0 Å². The third-order valence-corrected chi connectivity index (χ3v) is 6.03. The number of methoxy groups -OCH3 is 1.